The number of aromatic nitrogens is 1. The first-order valence-electron chi connectivity index (χ1n) is 5.64. The van der Waals surface area contributed by atoms with Crippen LogP contribution in [0.4, 0.5) is 5.82 Å². The number of hydrogen-bond donors (Lipinski definition) is 1. The third kappa shape index (κ3) is 3.78. The second kappa shape index (κ2) is 6.85. The lowest BCUT2D eigenvalue weighted by Gasteiger charge is -2.24. The van der Waals surface area contributed by atoms with Gasteiger partial charge in [-0.2, -0.15) is 11.8 Å². The molecule has 1 atom stereocenters. The Hall–Kier alpha value is -0.940. The van der Waals surface area contributed by atoms with Crippen molar-refractivity contribution in [3.63, 3.8) is 0 Å². The van der Waals surface area contributed by atoms with Gasteiger partial charge in [0.1, 0.15) is 5.82 Å². The van der Waals surface area contributed by atoms with Crippen molar-refractivity contribution in [2.45, 2.75) is 19.4 Å². The van der Waals surface area contributed by atoms with Gasteiger partial charge in [-0.05, 0) is 31.4 Å². The van der Waals surface area contributed by atoms with Crippen LogP contribution in [0.15, 0.2) is 12.3 Å². The second-order valence-corrected chi connectivity index (χ2v) is 5.53. The van der Waals surface area contributed by atoms with Gasteiger partial charge in [0.05, 0.1) is 10.6 Å². The maximum Gasteiger partial charge on any atom is 0.255 e. The Morgan fingerprint density at radius 3 is 2.89 bits per heavy atom. The zero-order valence-corrected chi connectivity index (χ0v) is 12.4. The first-order valence-corrected chi connectivity index (χ1v) is 7.41. The molecule has 4 nitrogen and oxygen atoms in total. The van der Waals surface area contributed by atoms with Gasteiger partial charge in [0.2, 0.25) is 0 Å². The van der Waals surface area contributed by atoms with E-state index in [4.69, 9.17) is 17.3 Å². The van der Waals surface area contributed by atoms with Crippen LogP contribution in [0.1, 0.15) is 23.7 Å². The second-order valence-electron chi connectivity index (χ2n) is 4.14. The molecule has 0 fully saturated rings. The summed E-state index contributed by atoms with van der Waals surface area (Å²) in [5, 5.41) is 0.311. The zero-order chi connectivity index (χ0) is 13.7. The van der Waals surface area contributed by atoms with Crippen molar-refractivity contribution in [2.24, 2.45) is 0 Å². The van der Waals surface area contributed by atoms with E-state index in [2.05, 4.69) is 11.2 Å². The van der Waals surface area contributed by atoms with Gasteiger partial charge in [-0.15, -0.1) is 0 Å². The molecule has 0 bridgehead atoms. The third-order valence-electron chi connectivity index (χ3n) is 2.84. The largest absolute Gasteiger partial charge is 0.382 e. The molecular formula is C12H18ClN3OS. The zero-order valence-electron chi connectivity index (χ0n) is 10.8. The highest BCUT2D eigenvalue weighted by Crippen LogP contribution is 2.18. The average molecular weight is 288 g/mol. The molecule has 1 amide bonds. The van der Waals surface area contributed by atoms with Crippen LogP contribution in [0.2, 0.25) is 5.02 Å². The molecule has 1 aromatic rings. The van der Waals surface area contributed by atoms with E-state index in [0.717, 1.165) is 12.2 Å². The molecule has 0 radical (unpaired) electrons. The molecule has 0 saturated carbocycles. The summed E-state index contributed by atoms with van der Waals surface area (Å²) in [6.07, 6.45) is 4.47. The Bertz CT molecular complexity index is 428. The number of carbonyl (C=O) groups excluding carboxylic acids is 1. The number of nitrogens with zero attached hydrogens (tertiary/aromatic N) is 2. The van der Waals surface area contributed by atoms with Crippen LogP contribution >= 0.6 is 23.4 Å². The molecule has 18 heavy (non-hydrogen) atoms. The number of nitrogen functional groups attached to an aromatic ring is 1. The van der Waals surface area contributed by atoms with Crippen LogP contribution in [0.3, 0.4) is 0 Å². The van der Waals surface area contributed by atoms with E-state index in [9.17, 15) is 4.79 Å². The third-order valence-corrected chi connectivity index (χ3v) is 3.78. The van der Waals surface area contributed by atoms with Crippen LogP contribution in [0, 0.1) is 0 Å². The Morgan fingerprint density at radius 1 is 1.67 bits per heavy atom. The summed E-state index contributed by atoms with van der Waals surface area (Å²) in [4.78, 5) is 17.8. The van der Waals surface area contributed by atoms with Crippen LogP contribution in [-0.2, 0) is 0 Å². The minimum absolute atomic E-state index is 0.0852. The lowest BCUT2D eigenvalue weighted by Crippen LogP contribution is -2.35. The summed E-state index contributed by atoms with van der Waals surface area (Å²) in [6, 6.07) is 1.74. The molecular weight excluding hydrogens is 270 g/mol. The smallest absolute Gasteiger partial charge is 0.255 e. The molecule has 1 unspecified atom stereocenters. The minimum Gasteiger partial charge on any atom is -0.382 e. The number of halogens is 1. The van der Waals surface area contributed by atoms with Gasteiger partial charge >= 0.3 is 0 Å². The van der Waals surface area contributed by atoms with E-state index in [-0.39, 0.29) is 17.8 Å². The fraction of sp³-hybridized carbons (Fsp3) is 0.500. The fourth-order valence-corrected chi connectivity index (χ4v) is 2.19. The summed E-state index contributed by atoms with van der Waals surface area (Å²) in [6.45, 7) is 2.03. The van der Waals surface area contributed by atoms with Crippen molar-refractivity contribution in [3.05, 3.63) is 22.8 Å². The first-order chi connectivity index (χ1) is 8.47. The number of amides is 1. The molecule has 0 spiro atoms. The predicted molar refractivity (Wildman–Crippen MR) is 78.2 cm³/mol. The highest BCUT2D eigenvalue weighted by atomic mass is 35.5. The lowest BCUT2D eigenvalue weighted by molar-refractivity contribution is 0.0741. The average Bonchev–Trinajstić information content (AvgIpc) is 2.37. The van der Waals surface area contributed by atoms with E-state index in [1.165, 1.54) is 6.20 Å². The van der Waals surface area contributed by atoms with Crippen molar-refractivity contribution in [1.82, 2.24) is 9.88 Å². The van der Waals surface area contributed by atoms with Gasteiger partial charge in [-0.1, -0.05) is 11.6 Å². The topological polar surface area (TPSA) is 59.2 Å². The highest BCUT2D eigenvalue weighted by Gasteiger charge is 2.18. The van der Waals surface area contributed by atoms with Gasteiger partial charge in [0.15, 0.2) is 0 Å². The Morgan fingerprint density at radius 2 is 2.33 bits per heavy atom. The molecule has 1 heterocycles. The number of pyridine rings is 1. The number of hydrogen-bond acceptors (Lipinski definition) is 4. The van der Waals surface area contributed by atoms with Gasteiger partial charge in [-0.25, -0.2) is 4.98 Å². The van der Waals surface area contributed by atoms with Gasteiger partial charge in [-0.3, -0.25) is 4.79 Å². The van der Waals surface area contributed by atoms with Gasteiger partial charge in [0.25, 0.3) is 5.91 Å². The maximum absolute atomic E-state index is 12.2. The minimum atomic E-state index is -0.0852. The highest BCUT2D eigenvalue weighted by molar-refractivity contribution is 7.98. The fourth-order valence-electron chi connectivity index (χ4n) is 1.45. The molecule has 0 aliphatic carbocycles. The van der Waals surface area contributed by atoms with E-state index in [1.807, 2.05) is 6.92 Å². The Labute approximate surface area is 117 Å². The van der Waals surface area contributed by atoms with Gasteiger partial charge in [0, 0.05) is 19.3 Å². The summed E-state index contributed by atoms with van der Waals surface area (Å²) >= 11 is 7.64. The molecule has 2 N–H and O–H groups in total. The van der Waals surface area contributed by atoms with Crippen molar-refractivity contribution in [2.75, 3.05) is 24.8 Å². The monoisotopic (exact) mass is 287 g/mol. The summed E-state index contributed by atoms with van der Waals surface area (Å²) in [5.74, 6) is 1.18. The van der Waals surface area contributed by atoms with Crippen molar-refractivity contribution >= 4 is 35.1 Å². The maximum atomic E-state index is 12.2. The predicted octanol–water partition coefficient (Wildman–Crippen LogP) is 2.53. The van der Waals surface area contributed by atoms with Crippen LogP contribution < -0.4 is 5.73 Å². The number of rotatable bonds is 5. The Balaban J connectivity index is 2.76. The van der Waals surface area contributed by atoms with E-state index < -0.39 is 0 Å². The van der Waals surface area contributed by atoms with Crippen molar-refractivity contribution in [1.29, 1.82) is 0 Å². The van der Waals surface area contributed by atoms with E-state index in [1.54, 1.807) is 29.8 Å². The molecule has 100 valence electrons. The van der Waals surface area contributed by atoms with Crippen LogP contribution in [-0.4, -0.2) is 40.9 Å². The number of anilines is 1. The number of thioether (sulfide) groups is 1. The molecule has 1 rings (SSSR count). The van der Waals surface area contributed by atoms with Crippen LogP contribution in [0.5, 0.6) is 0 Å². The van der Waals surface area contributed by atoms with E-state index >= 15 is 0 Å². The number of carbonyl (C=O) groups is 1. The lowest BCUT2D eigenvalue weighted by atomic mass is 10.2. The van der Waals surface area contributed by atoms with Crippen molar-refractivity contribution in [3.8, 4) is 0 Å². The van der Waals surface area contributed by atoms with Crippen molar-refractivity contribution < 1.29 is 4.79 Å². The Kier molecular flexibility index (Phi) is 5.75. The molecule has 0 aliphatic rings. The summed E-state index contributed by atoms with van der Waals surface area (Å²) in [7, 11) is 1.79. The molecule has 0 saturated heterocycles. The summed E-state index contributed by atoms with van der Waals surface area (Å²) < 4.78 is 0. The summed E-state index contributed by atoms with van der Waals surface area (Å²) in [5.41, 5.74) is 5.99. The SMILES string of the molecule is CSCCC(C)N(C)C(=O)c1cnc(N)c(Cl)c1. The molecule has 0 aliphatic heterocycles. The van der Waals surface area contributed by atoms with Gasteiger partial charge < -0.3 is 10.6 Å². The quantitative estimate of drug-likeness (QED) is 0.904. The molecule has 0 aromatic carbocycles. The van der Waals surface area contributed by atoms with E-state index in [0.29, 0.717) is 10.6 Å². The first kappa shape index (κ1) is 15.1. The molecule has 1 aromatic heterocycles. The van der Waals surface area contributed by atoms with Crippen LogP contribution in [0.25, 0.3) is 0 Å². The standard InChI is InChI=1S/C12H18ClN3OS/c1-8(4-5-18-3)16(2)12(17)9-6-10(13)11(14)15-7-9/h6-8H,4-5H2,1-3H3,(H2,14,15). The number of nitrogens with two attached hydrogens (primary N) is 1. The molecule has 6 heteroatoms. The normalized spacial score (nSPS) is 12.2.